The van der Waals surface area contributed by atoms with Crippen LogP contribution in [-0.4, -0.2) is 32.9 Å². The largest absolute Gasteiger partial charge is 0.285 e. The van der Waals surface area contributed by atoms with Crippen LogP contribution in [-0.2, 0) is 0 Å². The third-order valence-corrected chi connectivity index (χ3v) is 5.55. The second-order valence-electron chi connectivity index (χ2n) is 7.78. The molecule has 3 aromatic heterocycles. The van der Waals surface area contributed by atoms with E-state index >= 15 is 0 Å². The summed E-state index contributed by atoms with van der Waals surface area (Å²) in [6.45, 7) is 2.03. The van der Waals surface area contributed by atoms with Crippen LogP contribution in [0.15, 0.2) is 90.4 Å². The van der Waals surface area contributed by atoms with E-state index < -0.39 is 0 Å². The highest BCUT2D eigenvalue weighted by Gasteiger charge is 2.16. The highest BCUT2D eigenvalue weighted by Crippen LogP contribution is 2.33. The fraction of sp³-hybridized carbons (Fsp3) is 0.0741. The summed E-state index contributed by atoms with van der Waals surface area (Å²) < 4.78 is 1.97. The molecule has 0 saturated carbocycles. The predicted octanol–water partition coefficient (Wildman–Crippen LogP) is 5.46. The van der Waals surface area contributed by atoms with Crippen LogP contribution in [0.25, 0.3) is 28.0 Å². The summed E-state index contributed by atoms with van der Waals surface area (Å²) in [7, 11) is 1.74. The minimum Gasteiger partial charge on any atom is -0.285 e. The molecule has 5 rings (SSSR count). The van der Waals surface area contributed by atoms with Crippen molar-refractivity contribution >= 4 is 29.0 Å². The number of aliphatic imine (C=N–C) groups is 1. The van der Waals surface area contributed by atoms with Crippen LogP contribution < -0.4 is 4.90 Å². The lowest BCUT2D eigenvalue weighted by molar-refractivity contribution is 1.06. The molecule has 2 aromatic carbocycles. The maximum Gasteiger partial charge on any atom is 0.164 e. The van der Waals surface area contributed by atoms with Gasteiger partial charge < -0.3 is 0 Å². The average Bonchev–Trinajstić information content (AvgIpc) is 3.32. The molecule has 7 heteroatoms. The second-order valence-corrected chi connectivity index (χ2v) is 7.78. The molecule has 0 amide bonds. The zero-order chi connectivity index (χ0) is 23.5. The summed E-state index contributed by atoms with van der Waals surface area (Å²) in [5.74, 6) is 0.796. The van der Waals surface area contributed by atoms with Crippen molar-refractivity contribution in [2.24, 2.45) is 4.99 Å². The molecule has 0 atom stereocenters. The zero-order valence-corrected chi connectivity index (χ0v) is 18.8. The zero-order valence-electron chi connectivity index (χ0n) is 18.8. The van der Waals surface area contributed by atoms with Gasteiger partial charge in [0.05, 0.1) is 29.3 Å². The highest BCUT2D eigenvalue weighted by molar-refractivity contribution is 5.91. The summed E-state index contributed by atoms with van der Waals surface area (Å²) >= 11 is 0. The molecule has 7 nitrogen and oxygen atoms in total. The SMILES string of the molecule is C/N=C/N(c1cc(-c2ccc(C#N)cc2)cc(-n2cnc3cccnc32)c1)c1ncccc1C. The smallest absolute Gasteiger partial charge is 0.164 e. The number of nitriles is 1. The van der Waals surface area contributed by atoms with Gasteiger partial charge in [0.25, 0.3) is 0 Å². The predicted molar refractivity (Wildman–Crippen MR) is 135 cm³/mol. The Morgan fingerprint density at radius 2 is 1.74 bits per heavy atom. The molecule has 3 heterocycles. The Balaban J connectivity index is 1.74. The van der Waals surface area contributed by atoms with Gasteiger partial charge in [-0.05, 0) is 72.1 Å². The van der Waals surface area contributed by atoms with Gasteiger partial charge in [0.1, 0.15) is 17.7 Å². The first kappa shape index (κ1) is 21.0. The van der Waals surface area contributed by atoms with E-state index in [9.17, 15) is 5.26 Å². The molecule has 0 saturated heterocycles. The van der Waals surface area contributed by atoms with Crippen LogP contribution in [0.5, 0.6) is 0 Å². The maximum absolute atomic E-state index is 9.20. The number of aromatic nitrogens is 4. The van der Waals surface area contributed by atoms with Crippen LogP contribution >= 0.6 is 0 Å². The average molecular weight is 444 g/mol. The summed E-state index contributed by atoms with van der Waals surface area (Å²) in [6, 6.07) is 23.7. The van der Waals surface area contributed by atoms with Crippen molar-refractivity contribution in [2.75, 3.05) is 11.9 Å². The molecule has 0 spiro atoms. The van der Waals surface area contributed by atoms with Gasteiger partial charge in [-0.1, -0.05) is 18.2 Å². The minimum atomic E-state index is 0.619. The molecule has 0 aliphatic heterocycles. The molecule has 0 radical (unpaired) electrons. The Hall–Kier alpha value is -4.83. The van der Waals surface area contributed by atoms with Crippen LogP contribution in [0.1, 0.15) is 11.1 Å². The quantitative estimate of drug-likeness (QED) is 0.266. The lowest BCUT2D eigenvalue weighted by Crippen LogP contribution is -2.17. The number of pyridine rings is 2. The number of fused-ring (bicyclic) bond motifs is 1. The number of hydrogen-bond acceptors (Lipinski definition) is 5. The van der Waals surface area contributed by atoms with E-state index in [4.69, 9.17) is 0 Å². The molecule has 34 heavy (non-hydrogen) atoms. The lowest BCUT2D eigenvalue weighted by atomic mass is 10.0. The van der Waals surface area contributed by atoms with Gasteiger partial charge in [-0.25, -0.2) is 15.0 Å². The number of anilines is 2. The molecular weight excluding hydrogens is 422 g/mol. The molecule has 164 valence electrons. The number of nitrogens with zero attached hydrogens (tertiary/aromatic N) is 7. The van der Waals surface area contributed by atoms with Crippen molar-refractivity contribution in [1.29, 1.82) is 5.26 Å². The second kappa shape index (κ2) is 8.96. The van der Waals surface area contributed by atoms with Gasteiger partial charge in [-0.3, -0.25) is 14.5 Å². The fourth-order valence-electron chi connectivity index (χ4n) is 3.90. The van der Waals surface area contributed by atoms with Crippen molar-refractivity contribution in [1.82, 2.24) is 19.5 Å². The van der Waals surface area contributed by atoms with Gasteiger partial charge >= 0.3 is 0 Å². The molecule has 0 aliphatic carbocycles. The molecule has 0 aliphatic rings. The fourth-order valence-corrected chi connectivity index (χ4v) is 3.90. The molecule has 0 fully saturated rings. The number of benzene rings is 2. The third-order valence-electron chi connectivity index (χ3n) is 5.55. The first-order valence-corrected chi connectivity index (χ1v) is 10.7. The molecular formula is C27H21N7. The van der Waals surface area contributed by atoms with E-state index in [1.165, 1.54) is 0 Å². The van der Waals surface area contributed by atoms with Crippen LogP contribution in [0.2, 0.25) is 0 Å². The van der Waals surface area contributed by atoms with Crippen molar-refractivity contribution in [3.05, 3.63) is 96.6 Å². The Morgan fingerprint density at radius 3 is 2.50 bits per heavy atom. The van der Waals surface area contributed by atoms with Crippen molar-refractivity contribution < 1.29 is 0 Å². The van der Waals surface area contributed by atoms with Gasteiger partial charge in [0, 0.05) is 19.4 Å². The standard InChI is InChI=1S/C27H21N7/c1-19-5-3-11-30-26(19)33(17-29-2)23-13-22(21-9-7-20(16-28)8-10-21)14-24(15-23)34-18-32-25-6-4-12-31-27(25)34/h3-15,17-18H,1-2H3/b29-17+. The molecule has 0 unspecified atom stereocenters. The Morgan fingerprint density at radius 1 is 0.941 bits per heavy atom. The normalized spacial score (nSPS) is 11.1. The maximum atomic E-state index is 9.20. The summed E-state index contributed by atoms with van der Waals surface area (Å²) in [5.41, 5.74) is 7.01. The van der Waals surface area contributed by atoms with Gasteiger partial charge in [0.2, 0.25) is 0 Å². The molecule has 0 bridgehead atoms. The van der Waals surface area contributed by atoms with E-state index in [0.717, 1.165) is 45.0 Å². The van der Waals surface area contributed by atoms with Gasteiger partial charge in [0.15, 0.2) is 5.65 Å². The lowest BCUT2D eigenvalue weighted by Gasteiger charge is -2.22. The van der Waals surface area contributed by atoms with E-state index in [0.29, 0.717) is 5.56 Å². The van der Waals surface area contributed by atoms with Crippen LogP contribution in [0, 0.1) is 18.3 Å². The monoisotopic (exact) mass is 443 g/mol. The van der Waals surface area contributed by atoms with Crippen molar-refractivity contribution in [2.45, 2.75) is 6.92 Å². The highest BCUT2D eigenvalue weighted by atomic mass is 15.2. The van der Waals surface area contributed by atoms with E-state index in [-0.39, 0.29) is 0 Å². The number of imidazole rings is 1. The van der Waals surface area contributed by atoms with E-state index in [1.54, 1.807) is 32.1 Å². The first-order valence-electron chi connectivity index (χ1n) is 10.7. The van der Waals surface area contributed by atoms with Crippen LogP contribution in [0.3, 0.4) is 0 Å². The van der Waals surface area contributed by atoms with Crippen LogP contribution in [0.4, 0.5) is 11.5 Å². The van der Waals surface area contributed by atoms with Gasteiger partial charge in [-0.2, -0.15) is 5.26 Å². The summed E-state index contributed by atoms with van der Waals surface area (Å²) in [6.07, 6.45) is 7.08. The third kappa shape index (κ3) is 3.89. The summed E-state index contributed by atoms with van der Waals surface area (Å²) in [4.78, 5) is 19.9. The number of aryl methyl sites for hydroxylation is 1. The Labute approximate surface area is 197 Å². The molecule has 5 aromatic rings. The van der Waals surface area contributed by atoms with Crippen molar-refractivity contribution in [3.8, 4) is 22.9 Å². The van der Waals surface area contributed by atoms with E-state index in [2.05, 4.69) is 44.2 Å². The van der Waals surface area contributed by atoms with Gasteiger partial charge in [-0.15, -0.1) is 0 Å². The topological polar surface area (TPSA) is 83.0 Å². The molecule has 0 N–H and O–H groups in total. The van der Waals surface area contributed by atoms with E-state index in [1.807, 2.05) is 64.9 Å². The first-order chi connectivity index (χ1) is 16.7. The minimum absolute atomic E-state index is 0.619. The summed E-state index contributed by atoms with van der Waals surface area (Å²) in [5, 5.41) is 9.20. The Bertz CT molecular complexity index is 1540. The van der Waals surface area contributed by atoms with Crippen molar-refractivity contribution in [3.63, 3.8) is 0 Å². The number of hydrogen-bond donors (Lipinski definition) is 0. The number of rotatable bonds is 5. The Kier molecular flexibility index (Phi) is 5.55.